The van der Waals surface area contributed by atoms with Gasteiger partial charge in [0.05, 0.1) is 22.9 Å². The third-order valence-electron chi connectivity index (χ3n) is 4.06. The first-order valence-electron chi connectivity index (χ1n) is 7.88. The molecule has 1 atom stereocenters. The van der Waals surface area contributed by atoms with Gasteiger partial charge in [0.25, 0.3) is 0 Å². The molecule has 2 rings (SSSR count). The molecule has 0 saturated carbocycles. The van der Waals surface area contributed by atoms with Gasteiger partial charge in [0.2, 0.25) is 5.91 Å². The van der Waals surface area contributed by atoms with Crippen LogP contribution in [0.15, 0.2) is 48.5 Å². The Morgan fingerprint density at radius 3 is 2.38 bits per heavy atom. The van der Waals surface area contributed by atoms with Crippen molar-refractivity contribution >= 4 is 11.6 Å². The third kappa shape index (κ3) is 4.83. The number of halogens is 3. The Kier molecular flexibility index (Phi) is 6.01. The molecule has 0 fully saturated rings. The van der Waals surface area contributed by atoms with Crippen LogP contribution < -0.4 is 5.32 Å². The van der Waals surface area contributed by atoms with Gasteiger partial charge in [-0.15, -0.1) is 0 Å². The maximum atomic E-state index is 12.6. The predicted octanol–water partition coefficient (Wildman–Crippen LogP) is 4.04. The zero-order valence-corrected chi connectivity index (χ0v) is 14.3. The second-order valence-electron chi connectivity index (χ2n) is 5.93. The largest absolute Gasteiger partial charge is 0.416 e. The van der Waals surface area contributed by atoms with E-state index in [1.165, 1.54) is 12.1 Å². The van der Waals surface area contributed by atoms with Crippen molar-refractivity contribution in [3.8, 4) is 6.07 Å². The summed E-state index contributed by atoms with van der Waals surface area (Å²) in [6, 6.07) is 13.0. The van der Waals surface area contributed by atoms with Gasteiger partial charge in [-0.3, -0.25) is 9.69 Å². The molecule has 0 bridgehead atoms. The van der Waals surface area contributed by atoms with Crippen LogP contribution in [0.2, 0.25) is 0 Å². The van der Waals surface area contributed by atoms with Crippen LogP contribution >= 0.6 is 0 Å². The van der Waals surface area contributed by atoms with Crippen LogP contribution in [0.3, 0.4) is 0 Å². The zero-order valence-electron chi connectivity index (χ0n) is 14.3. The van der Waals surface area contributed by atoms with Crippen molar-refractivity contribution in [2.45, 2.75) is 25.7 Å². The van der Waals surface area contributed by atoms with Gasteiger partial charge in [0, 0.05) is 6.54 Å². The van der Waals surface area contributed by atoms with Gasteiger partial charge >= 0.3 is 6.18 Å². The first kappa shape index (κ1) is 19.5. The summed E-state index contributed by atoms with van der Waals surface area (Å²) in [6.45, 7) is 2.00. The average Bonchev–Trinajstić information content (AvgIpc) is 2.61. The fourth-order valence-corrected chi connectivity index (χ4v) is 2.35. The number of anilines is 1. The Labute approximate surface area is 149 Å². The first-order valence-corrected chi connectivity index (χ1v) is 7.88. The van der Waals surface area contributed by atoms with Gasteiger partial charge in [-0.05, 0) is 43.8 Å². The van der Waals surface area contributed by atoms with Crippen LogP contribution in [0.1, 0.15) is 23.6 Å². The highest BCUT2D eigenvalue weighted by Gasteiger charge is 2.30. The molecule has 0 aromatic heterocycles. The number of hydrogen-bond acceptors (Lipinski definition) is 3. The Balaban J connectivity index is 2.01. The Hall–Kier alpha value is -2.85. The number of rotatable bonds is 5. The van der Waals surface area contributed by atoms with E-state index < -0.39 is 17.8 Å². The van der Waals surface area contributed by atoms with Crippen LogP contribution in [0.25, 0.3) is 0 Å². The van der Waals surface area contributed by atoms with Gasteiger partial charge in [-0.2, -0.15) is 18.4 Å². The van der Waals surface area contributed by atoms with Gasteiger partial charge in [0.15, 0.2) is 0 Å². The second-order valence-corrected chi connectivity index (χ2v) is 5.93. The number of carbonyl (C=O) groups is 1. The maximum Gasteiger partial charge on any atom is 0.416 e. The molecule has 0 aliphatic carbocycles. The molecule has 1 amide bonds. The van der Waals surface area contributed by atoms with E-state index >= 15 is 0 Å². The van der Waals surface area contributed by atoms with E-state index in [0.29, 0.717) is 23.4 Å². The smallest absolute Gasteiger partial charge is 0.324 e. The lowest BCUT2D eigenvalue weighted by atomic mass is 10.1. The van der Waals surface area contributed by atoms with E-state index in [2.05, 4.69) is 5.32 Å². The highest BCUT2D eigenvalue weighted by atomic mass is 19.4. The van der Waals surface area contributed by atoms with Gasteiger partial charge < -0.3 is 5.32 Å². The number of alkyl halides is 3. The number of nitrogens with one attached hydrogen (secondary N) is 1. The summed E-state index contributed by atoms with van der Waals surface area (Å²) in [5.74, 6) is -0.304. The quantitative estimate of drug-likeness (QED) is 0.875. The molecular formula is C19H18F3N3O. The molecular weight excluding hydrogens is 343 g/mol. The summed E-state index contributed by atoms with van der Waals surface area (Å²) in [5.41, 5.74) is 0.744. The van der Waals surface area contributed by atoms with Gasteiger partial charge in [-0.1, -0.05) is 24.3 Å². The van der Waals surface area contributed by atoms with Crippen LogP contribution in [0, 0.1) is 11.3 Å². The third-order valence-corrected chi connectivity index (χ3v) is 4.06. The van der Waals surface area contributed by atoms with Crippen LogP contribution in [-0.4, -0.2) is 23.9 Å². The van der Waals surface area contributed by atoms with Crippen molar-refractivity contribution in [2.24, 2.45) is 0 Å². The van der Waals surface area contributed by atoms with Crippen molar-refractivity contribution in [3.05, 3.63) is 65.2 Å². The van der Waals surface area contributed by atoms with E-state index in [-0.39, 0.29) is 5.91 Å². The average molecular weight is 361 g/mol. The number of nitriles is 1. The zero-order chi connectivity index (χ0) is 19.3. The maximum absolute atomic E-state index is 12.6. The normalized spacial score (nSPS) is 12.5. The monoisotopic (exact) mass is 361 g/mol. The molecule has 0 aliphatic rings. The minimum atomic E-state index is -4.37. The van der Waals surface area contributed by atoms with E-state index in [9.17, 15) is 18.0 Å². The highest BCUT2D eigenvalue weighted by molar-refractivity contribution is 5.95. The number of nitrogens with zero attached hydrogens (tertiary/aromatic N) is 2. The van der Waals surface area contributed by atoms with Crippen molar-refractivity contribution < 1.29 is 18.0 Å². The van der Waals surface area contributed by atoms with E-state index in [0.717, 1.165) is 12.1 Å². The molecule has 4 nitrogen and oxygen atoms in total. The molecule has 136 valence electrons. The van der Waals surface area contributed by atoms with E-state index in [1.807, 2.05) is 6.07 Å². The predicted molar refractivity (Wildman–Crippen MR) is 92.2 cm³/mol. The minimum absolute atomic E-state index is 0.304. The number of amides is 1. The van der Waals surface area contributed by atoms with Crippen molar-refractivity contribution in [1.82, 2.24) is 4.90 Å². The number of benzene rings is 2. The molecule has 26 heavy (non-hydrogen) atoms. The lowest BCUT2D eigenvalue weighted by molar-refractivity contribution is -0.137. The van der Waals surface area contributed by atoms with Crippen molar-refractivity contribution in [2.75, 3.05) is 12.4 Å². The summed E-state index contributed by atoms with van der Waals surface area (Å²) in [5, 5.41) is 11.8. The molecule has 0 unspecified atom stereocenters. The molecule has 2 aromatic carbocycles. The summed E-state index contributed by atoms with van der Waals surface area (Å²) < 4.78 is 37.8. The number of para-hydroxylation sites is 1. The highest BCUT2D eigenvalue weighted by Crippen LogP contribution is 2.29. The molecule has 1 N–H and O–H groups in total. The van der Waals surface area contributed by atoms with Crippen LogP contribution in [-0.2, 0) is 17.5 Å². The minimum Gasteiger partial charge on any atom is -0.324 e. The topological polar surface area (TPSA) is 56.1 Å². The molecule has 0 heterocycles. The molecule has 0 spiro atoms. The summed E-state index contributed by atoms with van der Waals surface area (Å²) >= 11 is 0. The number of likely N-dealkylation sites (N-methyl/N-ethyl adjacent to an activating group) is 1. The van der Waals surface area contributed by atoms with Crippen molar-refractivity contribution in [3.63, 3.8) is 0 Å². The molecule has 7 heteroatoms. The Morgan fingerprint density at radius 2 is 1.81 bits per heavy atom. The van der Waals surface area contributed by atoms with E-state index in [4.69, 9.17) is 5.26 Å². The fourth-order valence-electron chi connectivity index (χ4n) is 2.35. The SMILES string of the molecule is C[C@@H](C(=O)Nc1ccccc1C#N)N(C)Cc1ccc(C(F)(F)F)cc1. The molecule has 0 radical (unpaired) electrons. The fraction of sp³-hybridized carbons (Fsp3) is 0.263. The standard InChI is InChI=1S/C19H18F3N3O/c1-13(18(26)24-17-6-4-3-5-15(17)11-23)25(2)12-14-7-9-16(10-8-14)19(20,21)22/h3-10,13H,12H2,1-2H3,(H,24,26)/t13-/m0/s1. The molecule has 2 aromatic rings. The van der Waals surface area contributed by atoms with E-state index in [1.54, 1.807) is 43.1 Å². The van der Waals surface area contributed by atoms with Crippen LogP contribution in [0.5, 0.6) is 0 Å². The Morgan fingerprint density at radius 1 is 1.19 bits per heavy atom. The summed E-state index contributed by atoms with van der Waals surface area (Å²) in [7, 11) is 1.71. The number of carbonyl (C=O) groups excluding carboxylic acids is 1. The first-order chi connectivity index (χ1) is 12.2. The number of hydrogen-bond donors (Lipinski definition) is 1. The van der Waals surface area contributed by atoms with Gasteiger partial charge in [-0.25, -0.2) is 0 Å². The van der Waals surface area contributed by atoms with Gasteiger partial charge in [0.1, 0.15) is 6.07 Å². The van der Waals surface area contributed by atoms with Crippen LogP contribution in [0.4, 0.5) is 18.9 Å². The second kappa shape index (κ2) is 8.02. The summed E-state index contributed by atoms with van der Waals surface area (Å²) in [4.78, 5) is 14.1. The molecule has 0 aliphatic heterocycles. The Bertz CT molecular complexity index is 810. The lowest BCUT2D eigenvalue weighted by Crippen LogP contribution is -2.39. The molecule has 0 saturated heterocycles. The lowest BCUT2D eigenvalue weighted by Gasteiger charge is -2.24. The van der Waals surface area contributed by atoms with Crippen molar-refractivity contribution in [1.29, 1.82) is 5.26 Å². The summed E-state index contributed by atoms with van der Waals surface area (Å²) in [6.07, 6.45) is -4.37.